The molecule has 0 atom stereocenters. The number of carbonyl (C=O) groups is 1. The Labute approximate surface area is 167 Å². The number of hydrogen-bond acceptors (Lipinski definition) is 6. The van der Waals surface area contributed by atoms with Gasteiger partial charge >= 0.3 is 0 Å². The van der Waals surface area contributed by atoms with E-state index < -0.39 is 11.5 Å². The molecule has 8 nitrogen and oxygen atoms in total. The van der Waals surface area contributed by atoms with Crippen LogP contribution < -0.4 is 21.0 Å². The van der Waals surface area contributed by atoms with Crippen molar-refractivity contribution in [3.63, 3.8) is 0 Å². The van der Waals surface area contributed by atoms with E-state index in [9.17, 15) is 9.59 Å². The van der Waals surface area contributed by atoms with E-state index in [0.717, 1.165) is 4.68 Å². The number of amides is 1. The quantitative estimate of drug-likeness (QED) is 0.561. The van der Waals surface area contributed by atoms with Crippen molar-refractivity contribution in [2.24, 2.45) is 0 Å². The number of hydrogen-bond donors (Lipinski definition) is 2. The molecule has 2 rings (SSSR count). The highest BCUT2D eigenvalue weighted by molar-refractivity contribution is 7.80. The number of pyridine rings is 1. The molecule has 0 fully saturated rings. The fraction of sp³-hybridized carbons (Fsp3) is 0.263. The van der Waals surface area contributed by atoms with Crippen molar-refractivity contribution in [3.8, 4) is 11.8 Å². The molecule has 0 saturated heterocycles. The highest BCUT2D eigenvalue weighted by atomic mass is 32.1. The van der Waals surface area contributed by atoms with E-state index in [1.54, 1.807) is 51.3 Å². The summed E-state index contributed by atoms with van der Waals surface area (Å²) in [5.41, 5.74) is 3.50. The normalized spacial score (nSPS) is 10.1. The maximum Gasteiger partial charge on any atom is 0.287 e. The van der Waals surface area contributed by atoms with Crippen LogP contribution in [-0.2, 0) is 4.74 Å². The summed E-state index contributed by atoms with van der Waals surface area (Å²) in [7, 11) is 1.55. The average Bonchev–Trinajstić information content (AvgIpc) is 2.66. The van der Waals surface area contributed by atoms with Gasteiger partial charge in [0, 0.05) is 12.8 Å². The first-order valence-corrected chi connectivity index (χ1v) is 8.76. The van der Waals surface area contributed by atoms with Crippen LogP contribution in [-0.4, -0.2) is 36.0 Å². The van der Waals surface area contributed by atoms with Gasteiger partial charge in [-0.05, 0) is 49.8 Å². The van der Waals surface area contributed by atoms with E-state index in [1.165, 1.54) is 0 Å². The molecule has 1 amide bonds. The van der Waals surface area contributed by atoms with Gasteiger partial charge in [0.15, 0.2) is 5.11 Å². The summed E-state index contributed by atoms with van der Waals surface area (Å²) in [6, 6.07) is 10.2. The topological polar surface area (TPSA) is 105 Å². The van der Waals surface area contributed by atoms with Gasteiger partial charge in [-0.25, -0.2) is 4.68 Å². The van der Waals surface area contributed by atoms with E-state index in [-0.39, 0.29) is 16.2 Å². The van der Waals surface area contributed by atoms with Crippen LogP contribution in [0.5, 0.6) is 5.75 Å². The average molecular weight is 400 g/mol. The Morgan fingerprint density at radius 3 is 2.68 bits per heavy atom. The molecular formula is C19H20N4O4S. The molecular weight excluding hydrogens is 380 g/mol. The molecule has 1 heterocycles. The van der Waals surface area contributed by atoms with Crippen LogP contribution in [0.25, 0.3) is 0 Å². The molecule has 2 aromatic rings. The minimum atomic E-state index is -0.542. The van der Waals surface area contributed by atoms with Crippen molar-refractivity contribution in [1.82, 2.24) is 9.99 Å². The molecule has 0 saturated carbocycles. The maximum absolute atomic E-state index is 12.6. The van der Waals surface area contributed by atoms with Crippen LogP contribution in [0, 0.1) is 25.2 Å². The van der Waals surface area contributed by atoms with E-state index in [1.807, 2.05) is 6.07 Å². The summed E-state index contributed by atoms with van der Waals surface area (Å²) in [5, 5.41) is 11.6. The zero-order chi connectivity index (χ0) is 20.7. The molecule has 1 aromatic heterocycles. The van der Waals surface area contributed by atoms with Crippen LogP contribution in [0.1, 0.15) is 27.2 Å². The summed E-state index contributed by atoms with van der Waals surface area (Å²) in [6.07, 6.45) is 0. The number of aromatic nitrogens is 1. The molecule has 0 aliphatic carbocycles. The lowest BCUT2D eigenvalue weighted by Gasteiger charge is -2.16. The van der Waals surface area contributed by atoms with Gasteiger partial charge in [-0.3, -0.25) is 20.3 Å². The minimum absolute atomic E-state index is 0.00381. The third-order valence-corrected chi connectivity index (χ3v) is 4.01. The maximum atomic E-state index is 12.6. The second-order valence-electron chi connectivity index (χ2n) is 5.83. The molecule has 146 valence electrons. The lowest BCUT2D eigenvalue weighted by Crippen LogP contribution is -2.43. The molecule has 0 bridgehead atoms. The number of nitrogens with one attached hydrogen (secondary N) is 2. The number of ether oxygens (including phenoxy) is 2. The van der Waals surface area contributed by atoms with Gasteiger partial charge in [0.05, 0.1) is 12.2 Å². The van der Waals surface area contributed by atoms with Gasteiger partial charge in [-0.2, -0.15) is 5.26 Å². The zero-order valence-electron chi connectivity index (χ0n) is 15.7. The number of methoxy groups -OCH3 is 1. The molecule has 0 unspecified atom stereocenters. The van der Waals surface area contributed by atoms with Crippen molar-refractivity contribution < 1.29 is 14.3 Å². The van der Waals surface area contributed by atoms with E-state index in [4.69, 9.17) is 27.0 Å². The van der Waals surface area contributed by atoms with Crippen LogP contribution in [0.15, 0.2) is 35.1 Å². The number of thiocarbonyl (C=S) groups is 1. The number of para-hydroxylation sites is 1. The molecule has 0 spiro atoms. The number of benzene rings is 1. The van der Waals surface area contributed by atoms with Crippen LogP contribution >= 0.6 is 12.2 Å². The number of nitriles is 1. The Bertz CT molecular complexity index is 994. The summed E-state index contributed by atoms with van der Waals surface area (Å²) < 4.78 is 11.6. The molecule has 0 aliphatic rings. The van der Waals surface area contributed by atoms with Gasteiger partial charge in [-0.15, -0.1) is 0 Å². The van der Waals surface area contributed by atoms with Gasteiger partial charge < -0.3 is 9.47 Å². The highest BCUT2D eigenvalue weighted by Crippen LogP contribution is 2.17. The lowest BCUT2D eigenvalue weighted by molar-refractivity contribution is 0.0969. The Morgan fingerprint density at radius 2 is 2.00 bits per heavy atom. The van der Waals surface area contributed by atoms with Gasteiger partial charge in [0.1, 0.15) is 24.0 Å². The minimum Gasteiger partial charge on any atom is -0.490 e. The highest BCUT2D eigenvalue weighted by Gasteiger charge is 2.15. The van der Waals surface area contributed by atoms with Crippen LogP contribution in [0.2, 0.25) is 0 Å². The fourth-order valence-electron chi connectivity index (χ4n) is 2.48. The molecule has 1 aromatic carbocycles. The second kappa shape index (κ2) is 9.64. The Hall–Kier alpha value is -3.22. The summed E-state index contributed by atoms with van der Waals surface area (Å²) in [6.45, 7) is 4.04. The predicted molar refractivity (Wildman–Crippen MR) is 108 cm³/mol. The summed E-state index contributed by atoms with van der Waals surface area (Å²) in [4.78, 5) is 25.0. The Kier molecular flexibility index (Phi) is 7.26. The first-order valence-electron chi connectivity index (χ1n) is 8.35. The van der Waals surface area contributed by atoms with Crippen molar-refractivity contribution >= 4 is 23.2 Å². The Balaban J connectivity index is 2.16. The molecule has 2 N–H and O–H groups in total. The first-order chi connectivity index (χ1) is 13.4. The van der Waals surface area contributed by atoms with E-state index in [0.29, 0.717) is 30.2 Å². The monoisotopic (exact) mass is 400 g/mol. The van der Waals surface area contributed by atoms with E-state index >= 15 is 0 Å². The van der Waals surface area contributed by atoms with E-state index in [2.05, 4.69) is 10.7 Å². The SMILES string of the molecule is COCCOc1ccccc1C(=O)NC(=S)Nn1c(C)cc(C)c(C#N)c1=O. The summed E-state index contributed by atoms with van der Waals surface area (Å²) >= 11 is 5.15. The zero-order valence-corrected chi connectivity index (χ0v) is 16.6. The van der Waals surface area contributed by atoms with Gasteiger partial charge in [0.2, 0.25) is 0 Å². The van der Waals surface area contributed by atoms with Gasteiger partial charge in [-0.1, -0.05) is 12.1 Å². The molecule has 0 aliphatic heterocycles. The largest absolute Gasteiger partial charge is 0.490 e. The second-order valence-corrected chi connectivity index (χ2v) is 6.24. The van der Waals surface area contributed by atoms with Gasteiger partial charge in [0.25, 0.3) is 11.5 Å². The van der Waals surface area contributed by atoms with Crippen molar-refractivity contribution in [2.45, 2.75) is 13.8 Å². The fourth-order valence-corrected chi connectivity index (χ4v) is 2.66. The molecule has 9 heteroatoms. The summed E-state index contributed by atoms with van der Waals surface area (Å²) in [5.74, 6) is -0.112. The van der Waals surface area contributed by atoms with Crippen molar-refractivity contribution in [3.05, 3.63) is 63.1 Å². The molecule has 0 radical (unpaired) electrons. The van der Waals surface area contributed by atoms with Crippen molar-refractivity contribution in [2.75, 3.05) is 25.7 Å². The third kappa shape index (κ3) is 4.94. The number of nitrogens with zero attached hydrogens (tertiary/aromatic N) is 2. The lowest BCUT2D eigenvalue weighted by atomic mass is 10.1. The number of aryl methyl sites for hydroxylation is 2. The van der Waals surface area contributed by atoms with Crippen molar-refractivity contribution in [1.29, 1.82) is 5.26 Å². The number of carbonyl (C=O) groups excluding carboxylic acids is 1. The first kappa shape index (κ1) is 21.1. The van der Waals surface area contributed by atoms with Crippen LogP contribution in [0.4, 0.5) is 0 Å². The third-order valence-electron chi connectivity index (χ3n) is 3.82. The Morgan fingerprint density at radius 1 is 1.29 bits per heavy atom. The molecule has 28 heavy (non-hydrogen) atoms. The smallest absolute Gasteiger partial charge is 0.287 e. The standard InChI is InChI=1S/C19H20N4O4S/c1-12-10-13(2)23(18(25)15(12)11-20)22-19(28)21-17(24)14-6-4-5-7-16(14)27-9-8-26-3/h4-7,10H,8-9H2,1-3H3,(H2,21,22,24,28). The predicted octanol–water partition coefficient (Wildman–Crippen LogP) is 1.62. The van der Waals surface area contributed by atoms with Crippen LogP contribution in [0.3, 0.4) is 0 Å². The number of rotatable bonds is 6.